The molecule has 0 aromatic carbocycles. The molecule has 0 amide bonds. The Balaban J connectivity index is 3.48. The van der Waals surface area contributed by atoms with Crippen molar-refractivity contribution in [1.82, 2.24) is 0 Å². The van der Waals surface area contributed by atoms with Crippen molar-refractivity contribution in [3.05, 3.63) is 0 Å². The normalized spacial score (nSPS) is 11.7. The summed E-state index contributed by atoms with van der Waals surface area (Å²) in [4.78, 5) is 16.0. The van der Waals surface area contributed by atoms with Gasteiger partial charge in [-0.05, 0) is 0 Å². The van der Waals surface area contributed by atoms with Gasteiger partial charge >= 0.3 is 53.3 Å². The van der Waals surface area contributed by atoms with E-state index in [-0.39, 0.29) is 0 Å². The second kappa shape index (κ2) is 2.84. The fourth-order valence-electron chi connectivity index (χ4n) is 0. The molecule has 0 fully saturated rings. The van der Waals surface area contributed by atoms with Gasteiger partial charge in [0.15, 0.2) is 0 Å². The summed E-state index contributed by atoms with van der Waals surface area (Å²) in [5.74, 6) is 0. The summed E-state index contributed by atoms with van der Waals surface area (Å²) >= 11 is 0.254. The zero-order chi connectivity index (χ0) is 5.21. The molecule has 0 rings (SSSR count). The Morgan fingerprint density at radius 1 is 1.67 bits per heavy atom. The molecule has 0 aromatic heterocycles. The van der Waals surface area contributed by atoms with Gasteiger partial charge in [-0.1, -0.05) is 0 Å². The van der Waals surface area contributed by atoms with Gasteiger partial charge < -0.3 is 0 Å². The Bertz CT molecular complexity index is 74.9. The number of hydrogen-bond acceptors (Lipinski definition) is 1. The fraction of sp³-hybridized carbons (Fsp3) is 0. The summed E-state index contributed by atoms with van der Waals surface area (Å²) < 4.78 is 9.77. The Kier molecular flexibility index (Phi) is 3.63. The Morgan fingerprint density at radius 2 is 1.83 bits per heavy atom. The first kappa shape index (κ1) is 7.66. The topological polar surface area (TPSA) is 57.5 Å². The van der Waals surface area contributed by atoms with Gasteiger partial charge in [0, 0.05) is 0 Å². The molecular formula is H3MoO3PSb. The second-order valence-corrected chi connectivity index (χ2v) is 17.5. The van der Waals surface area contributed by atoms with E-state index in [0.717, 1.165) is 0 Å². The summed E-state index contributed by atoms with van der Waals surface area (Å²) in [6.07, 6.45) is 0. The second-order valence-electron chi connectivity index (χ2n) is 0.635. The van der Waals surface area contributed by atoms with Crippen LogP contribution in [-0.2, 0) is 20.6 Å². The van der Waals surface area contributed by atoms with Crippen molar-refractivity contribution in [2.45, 2.75) is 0 Å². The van der Waals surface area contributed by atoms with Crippen molar-refractivity contribution in [2.75, 3.05) is 0 Å². The van der Waals surface area contributed by atoms with Gasteiger partial charge in [-0.2, -0.15) is 0 Å². The summed E-state index contributed by atoms with van der Waals surface area (Å²) in [6, 6.07) is 0. The number of rotatable bonds is 1. The zero-order valence-electron chi connectivity index (χ0n) is 2.66. The van der Waals surface area contributed by atoms with Crippen molar-refractivity contribution in [1.29, 1.82) is 0 Å². The minimum absolute atomic E-state index is 1.30. The van der Waals surface area contributed by atoms with Gasteiger partial charge in [0.2, 0.25) is 0 Å². The summed E-state index contributed by atoms with van der Waals surface area (Å²) in [7, 11) is 0. The van der Waals surface area contributed by atoms with E-state index >= 15 is 0 Å². The molecule has 0 spiro atoms. The van der Waals surface area contributed by atoms with E-state index in [1.54, 1.807) is 16.0 Å². The molecule has 0 aliphatic heterocycles. The third kappa shape index (κ3) is 5.66. The molecular weight excluding hydrogens is 297 g/mol. The van der Waals surface area contributed by atoms with Crippen molar-refractivity contribution in [3.63, 3.8) is 0 Å². The van der Waals surface area contributed by atoms with Gasteiger partial charge in [-0.15, -0.1) is 0 Å². The van der Waals surface area contributed by atoms with Crippen LogP contribution in [-0.4, -0.2) is 27.6 Å². The predicted octanol–water partition coefficient (Wildman–Crippen LogP) is -1.02. The van der Waals surface area contributed by atoms with Crippen LogP contribution in [0.15, 0.2) is 0 Å². The maximum absolute atomic E-state index is 9.77. The van der Waals surface area contributed by atoms with Crippen molar-refractivity contribution in [3.8, 4) is 0 Å². The monoisotopic (exact) mass is 301 g/mol. The SMILES string of the molecule is O=[P](O)(O)[SbH][Mo]. The predicted molar refractivity (Wildman–Crippen MR) is 19.2 cm³/mol. The van der Waals surface area contributed by atoms with Crippen LogP contribution in [0.4, 0.5) is 0 Å². The molecule has 0 aliphatic rings. The molecule has 0 unspecified atom stereocenters. The van der Waals surface area contributed by atoms with Gasteiger partial charge in [0.25, 0.3) is 0 Å². The standard InChI is InChI=1S/Mo.HO3P.Sb.H/c;1-4(2)3;;/h;(H-,1,2,3);;/q;;-1;/p+1. The molecule has 37 valence electrons. The summed E-state index contributed by atoms with van der Waals surface area (Å²) in [5.41, 5.74) is 0. The van der Waals surface area contributed by atoms with Crippen molar-refractivity contribution in [2.24, 2.45) is 0 Å². The first-order valence-electron chi connectivity index (χ1n) is 1.01. The molecule has 6 heavy (non-hydrogen) atoms. The Hall–Kier alpha value is 1.66. The minimum atomic E-state index is -3.47. The van der Waals surface area contributed by atoms with Crippen molar-refractivity contribution >= 4 is 23.0 Å². The molecule has 0 aromatic rings. The van der Waals surface area contributed by atoms with Crippen LogP contribution in [0.5, 0.6) is 0 Å². The van der Waals surface area contributed by atoms with E-state index < -0.39 is 23.0 Å². The van der Waals surface area contributed by atoms with E-state index in [4.69, 9.17) is 9.79 Å². The van der Waals surface area contributed by atoms with E-state index in [1.807, 2.05) is 0 Å². The Labute approximate surface area is 53.0 Å². The van der Waals surface area contributed by atoms with Gasteiger partial charge in [0.05, 0.1) is 0 Å². The van der Waals surface area contributed by atoms with E-state index in [2.05, 4.69) is 0 Å². The molecule has 6 heteroatoms. The summed E-state index contributed by atoms with van der Waals surface area (Å²) in [5, 5.41) is -3.47. The fourth-order valence-corrected chi connectivity index (χ4v) is 0. The first-order chi connectivity index (χ1) is 2.56. The third-order valence-electron chi connectivity index (χ3n) is 0.119. The van der Waals surface area contributed by atoms with Crippen LogP contribution in [0.1, 0.15) is 0 Å². The molecule has 0 atom stereocenters. The van der Waals surface area contributed by atoms with Gasteiger partial charge in [0.1, 0.15) is 0 Å². The third-order valence-corrected chi connectivity index (χ3v) is 14.2. The average molecular weight is 300 g/mol. The van der Waals surface area contributed by atoms with Crippen LogP contribution in [0.2, 0.25) is 0 Å². The molecule has 0 saturated carbocycles. The molecule has 0 aliphatic carbocycles. The van der Waals surface area contributed by atoms with Gasteiger partial charge in [-0.3, -0.25) is 0 Å². The van der Waals surface area contributed by atoms with Crippen molar-refractivity contribution < 1.29 is 30.4 Å². The molecule has 0 saturated heterocycles. The van der Waals surface area contributed by atoms with E-state index in [1.165, 1.54) is 0 Å². The van der Waals surface area contributed by atoms with Crippen LogP contribution < -0.4 is 0 Å². The molecule has 0 radical (unpaired) electrons. The van der Waals surface area contributed by atoms with Crippen LogP contribution in [0.3, 0.4) is 0 Å². The number of hydrogen-bond donors (Lipinski definition) is 2. The first-order valence-corrected chi connectivity index (χ1v) is 14.3. The zero-order valence-corrected chi connectivity index (χ0v) is 8.41. The molecule has 0 bridgehead atoms. The maximum atomic E-state index is 9.77. The quantitative estimate of drug-likeness (QED) is 0.481. The van der Waals surface area contributed by atoms with Gasteiger partial charge in [-0.25, -0.2) is 0 Å². The average Bonchev–Trinajstić information content (AvgIpc) is 1.35. The van der Waals surface area contributed by atoms with E-state index in [0.29, 0.717) is 0 Å². The Morgan fingerprint density at radius 3 is 1.83 bits per heavy atom. The van der Waals surface area contributed by atoms with Crippen LogP contribution in [0.25, 0.3) is 0 Å². The summed E-state index contributed by atoms with van der Waals surface area (Å²) in [6.45, 7) is 0. The molecule has 2 N–H and O–H groups in total. The van der Waals surface area contributed by atoms with E-state index in [9.17, 15) is 4.57 Å². The molecule has 0 heterocycles. The van der Waals surface area contributed by atoms with Crippen LogP contribution in [0, 0.1) is 0 Å². The van der Waals surface area contributed by atoms with Crippen LogP contribution >= 0.6 is 5.17 Å². The molecule has 3 nitrogen and oxygen atoms in total.